The smallest absolute Gasteiger partial charge is 0.366 e. The van der Waals surface area contributed by atoms with E-state index in [0.29, 0.717) is 12.3 Å². The Labute approximate surface area is 273 Å². The number of carbonyl (C=O) groups excluding carboxylic acids is 3. The molecule has 0 spiro atoms. The summed E-state index contributed by atoms with van der Waals surface area (Å²) in [7, 11) is 0. The molecule has 258 valence electrons. The van der Waals surface area contributed by atoms with Crippen molar-refractivity contribution in [2.24, 2.45) is 11.8 Å². The van der Waals surface area contributed by atoms with Crippen molar-refractivity contribution in [3.05, 3.63) is 35.4 Å². The zero-order valence-corrected chi connectivity index (χ0v) is 28.9. The van der Waals surface area contributed by atoms with Gasteiger partial charge in [-0.1, -0.05) is 161 Å². The van der Waals surface area contributed by atoms with Crippen LogP contribution in [0, 0.1) is 11.8 Å². The normalized spacial score (nSPS) is 13.4. The van der Waals surface area contributed by atoms with Crippen LogP contribution in [0.2, 0.25) is 0 Å². The van der Waals surface area contributed by atoms with Crippen molar-refractivity contribution in [1.29, 1.82) is 0 Å². The van der Waals surface area contributed by atoms with Crippen LogP contribution in [-0.2, 0) is 30.6 Å². The first-order chi connectivity index (χ1) is 21.7. The van der Waals surface area contributed by atoms with Gasteiger partial charge in [-0.05, 0) is 36.8 Å². The largest absolute Gasteiger partial charge is 0.393 e. The maximum atomic E-state index is 12.7. The topological polar surface area (TPSA) is 110 Å². The predicted molar refractivity (Wildman–Crippen MR) is 181 cm³/mol. The molecule has 1 rings (SSSR count). The first-order valence-electron chi connectivity index (χ1n) is 18.0. The monoisotopic (exact) mass is 632 g/mol. The number of ketones is 1. The molecule has 0 aliphatic carbocycles. The molecule has 3 atom stereocenters. The van der Waals surface area contributed by atoms with Gasteiger partial charge in [0, 0.05) is 0 Å². The van der Waals surface area contributed by atoms with Gasteiger partial charge in [0.15, 0.2) is 5.78 Å². The quantitative estimate of drug-likeness (QED) is 0.0431. The lowest BCUT2D eigenvalue weighted by Gasteiger charge is -2.17. The molecule has 7 nitrogen and oxygen atoms in total. The van der Waals surface area contributed by atoms with Crippen LogP contribution in [0.25, 0.3) is 0 Å². The van der Waals surface area contributed by atoms with E-state index >= 15 is 0 Å². The number of carbonyl (C=O) groups is 3. The van der Waals surface area contributed by atoms with Gasteiger partial charge in [0.05, 0.1) is 12.5 Å². The molecule has 1 aromatic carbocycles. The van der Waals surface area contributed by atoms with Gasteiger partial charge < -0.3 is 10.2 Å². The van der Waals surface area contributed by atoms with Gasteiger partial charge in [-0.3, -0.25) is 4.79 Å². The van der Waals surface area contributed by atoms with Crippen LogP contribution >= 0.6 is 0 Å². The molecule has 0 amide bonds. The summed E-state index contributed by atoms with van der Waals surface area (Å²) in [5.41, 5.74) is 1.90. The van der Waals surface area contributed by atoms with E-state index in [0.717, 1.165) is 31.2 Å². The van der Waals surface area contributed by atoms with Crippen LogP contribution < -0.4 is 0 Å². The Morgan fingerprint density at radius 2 is 1.07 bits per heavy atom. The maximum absolute atomic E-state index is 12.7. The number of hydrogen-bond acceptors (Lipinski definition) is 7. The van der Waals surface area contributed by atoms with E-state index < -0.39 is 42.3 Å². The first kappa shape index (κ1) is 40.8. The molecule has 0 aliphatic rings. The highest BCUT2D eigenvalue weighted by atomic mass is 17.2. The highest BCUT2D eigenvalue weighted by Gasteiger charge is 2.34. The fourth-order valence-electron chi connectivity index (χ4n) is 5.71. The van der Waals surface area contributed by atoms with E-state index in [1.807, 2.05) is 24.3 Å². The van der Waals surface area contributed by atoms with Crippen molar-refractivity contribution in [1.82, 2.24) is 0 Å². The summed E-state index contributed by atoms with van der Waals surface area (Å²) in [5.74, 6) is -4.04. The molecule has 0 radical (unpaired) electrons. The number of aliphatic hydroxyl groups is 2. The second-order valence-electron chi connectivity index (χ2n) is 13.3. The highest BCUT2D eigenvalue weighted by Crippen LogP contribution is 2.21. The van der Waals surface area contributed by atoms with Crippen molar-refractivity contribution in [3.63, 3.8) is 0 Å². The van der Waals surface area contributed by atoms with Crippen molar-refractivity contribution in [3.8, 4) is 0 Å². The van der Waals surface area contributed by atoms with E-state index in [9.17, 15) is 24.6 Å². The molecule has 1 aromatic rings. The average Bonchev–Trinajstić information content (AvgIpc) is 3.03. The summed E-state index contributed by atoms with van der Waals surface area (Å²) in [5, 5.41) is 19.1. The fourth-order valence-corrected chi connectivity index (χ4v) is 5.71. The molecule has 2 N–H and O–H groups in total. The number of unbranched alkanes of at least 4 members (excludes halogenated alkanes) is 17. The van der Waals surface area contributed by atoms with Crippen molar-refractivity contribution < 1.29 is 34.4 Å². The number of rotatable bonds is 27. The number of hydrogen-bond donors (Lipinski definition) is 2. The highest BCUT2D eigenvalue weighted by molar-refractivity contribution is 6.01. The van der Waals surface area contributed by atoms with Crippen molar-refractivity contribution in [2.75, 3.05) is 6.61 Å². The Bertz CT molecular complexity index is 911. The van der Waals surface area contributed by atoms with Crippen LogP contribution in [0.5, 0.6) is 0 Å². The minimum Gasteiger partial charge on any atom is -0.393 e. The van der Waals surface area contributed by atoms with Gasteiger partial charge in [-0.15, -0.1) is 0 Å². The molecule has 45 heavy (non-hydrogen) atoms. The van der Waals surface area contributed by atoms with Gasteiger partial charge in [0.1, 0.15) is 12.0 Å². The van der Waals surface area contributed by atoms with Crippen molar-refractivity contribution >= 4 is 17.7 Å². The zero-order chi connectivity index (χ0) is 33.3. The molecule has 0 saturated heterocycles. The van der Waals surface area contributed by atoms with Crippen LogP contribution in [-0.4, -0.2) is 40.6 Å². The Kier molecular flexibility index (Phi) is 23.5. The summed E-state index contributed by atoms with van der Waals surface area (Å²) in [6.07, 6.45) is 21.7. The molecule has 0 heterocycles. The van der Waals surface area contributed by atoms with Crippen LogP contribution in [0.4, 0.5) is 0 Å². The summed E-state index contributed by atoms with van der Waals surface area (Å²) >= 11 is 0. The zero-order valence-electron chi connectivity index (χ0n) is 28.9. The molecule has 0 bridgehead atoms. The Hall–Kier alpha value is -2.25. The minimum atomic E-state index is -1.68. The lowest BCUT2D eigenvalue weighted by Crippen LogP contribution is -2.36. The van der Waals surface area contributed by atoms with E-state index in [4.69, 9.17) is 9.78 Å². The molecule has 0 aromatic heterocycles. The lowest BCUT2D eigenvalue weighted by molar-refractivity contribution is -0.263. The van der Waals surface area contributed by atoms with Crippen LogP contribution in [0.3, 0.4) is 0 Å². The summed E-state index contributed by atoms with van der Waals surface area (Å²) < 4.78 is 0. The molecular weight excluding hydrogens is 568 g/mol. The van der Waals surface area contributed by atoms with E-state index in [1.54, 1.807) is 6.92 Å². The third kappa shape index (κ3) is 19.1. The van der Waals surface area contributed by atoms with Gasteiger partial charge in [-0.25, -0.2) is 19.4 Å². The van der Waals surface area contributed by atoms with Crippen LogP contribution in [0.1, 0.15) is 167 Å². The number of benzene rings is 1. The van der Waals surface area contributed by atoms with E-state index in [-0.39, 0.29) is 6.42 Å². The molecule has 0 aliphatic heterocycles. The third-order valence-electron chi connectivity index (χ3n) is 8.66. The van der Waals surface area contributed by atoms with Gasteiger partial charge in [0.25, 0.3) is 0 Å². The second kappa shape index (κ2) is 25.9. The first-order valence-corrected chi connectivity index (χ1v) is 18.0. The molecule has 0 fully saturated rings. The number of Topliss-reactive ketones (excluding diaryl/α,β-unsaturated/α-hetero) is 1. The summed E-state index contributed by atoms with van der Waals surface area (Å²) in [6, 6.07) is 7.65. The molecule has 0 saturated carbocycles. The fraction of sp³-hybridized carbons (Fsp3) is 0.763. The second-order valence-corrected chi connectivity index (χ2v) is 13.3. The Morgan fingerprint density at radius 3 is 1.49 bits per heavy atom. The molecule has 7 heteroatoms. The van der Waals surface area contributed by atoms with Crippen LogP contribution in [0.15, 0.2) is 24.3 Å². The summed E-state index contributed by atoms with van der Waals surface area (Å²) in [6.45, 7) is 7.41. The summed E-state index contributed by atoms with van der Waals surface area (Å²) in [4.78, 5) is 47.5. The SMILES string of the molecule is CCCCCCCCCCCCCCCCCCCCC(C(=O)OOC(=O)C(C)c1ccc(CC(C)C)cc1)C(=O)C(O)CO. The number of aliphatic hydroxyl groups excluding tert-OH is 2. The molecule has 3 unspecified atom stereocenters. The van der Waals surface area contributed by atoms with E-state index in [2.05, 4.69) is 20.8 Å². The van der Waals surface area contributed by atoms with Crippen molar-refractivity contribution in [2.45, 2.75) is 168 Å². The average molecular weight is 633 g/mol. The van der Waals surface area contributed by atoms with E-state index in [1.165, 1.54) is 95.5 Å². The lowest BCUT2D eigenvalue weighted by atomic mass is 9.93. The van der Waals surface area contributed by atoms with Gasteiger partial charge in [0.2, 0.25) is 0 Å². The third-order valence-corrected chi connectivity index (χ3v) is 8.66. The van der Waals surface area contributed by atoms with Gasteiger partial charge in [-0.2, -0.15) is 0 Å². The Balaban J connectivity index is 2.27. The van der Waals surface area contributed by atoms with Gasteiger partial charge >= 0.3 is 11.9 Å². The standard InChI is InChI=1S/C38H64O7/c1-5-6-7-8-9-10-11-12-13-14-15-16-17-18-19-20-21-22-23-34(36(41)35(40)29-39)38(43)45-44-37(42)31(4)33-26-24-32(25-27-33)28-30(2)3/h24-27,30-31,34-35,39-40H,5-23,28-29H2,1-4H3. The molecular formula is C38H64O7. The predicted octanol–water partition coefficient (Wildman–Crippen LogP) is 8.96. The minimum absolute atomic E-state index is 0.165. The Morgan fingerprint density at radius 1 is 0.644 bits per heavy atom. The maximum Gasteiger partial charge on any atom is 0.366 e.